The Balaban J connectivity index is 0.00000280. The SMILES string of the molecule is CC(N)(C(=O)N1CCN(C(=O)c2c(F)cccc2Cl)CC1)c1ccccc1.Cl. The van der Waals surface area contributed by atoms with Crippen molar-refractivity contribution in [2.24, 2.45) is 5.73 Å². The average Bonchev–Trinajstić information content (AvgIpc) is 2.68. The maximum Gasteiger partial charge on any atom is 0.258 e. The predicted molar refractivity (Wildman–Crippen MR) is 109 cm³/mol. The third-order valence-electron chi connectivity index (χ3n) is 4.85. The minimum absolute atomic E-state index is 0. The Labute approximate surface area is 174 Å². The summed E-state index contributed by atoms with van der Waals surface area (Å²) in [5.41, 5.74) is 5.74. The first-order valence-electron chi connectivity index (χ1n) is 8.69. The van der Waals surface area contributed by atoms with Gasteiger partial charge in [0.05, 0.1) is 10.6 Å². The number of benzene rings is 2. The number of amides is 2. The molecular weight excluding hydrogens is 404 g/mol. The highest BCUT2D eigenvalue weighted by Gasteiger charge is 2.36. The van der Waals surface area contributed by atoms with Gasteiger partial charge in [0, 0.05) is 26.2 Å². The van der Waals surface area contributed by atoms with E-state index < -0.39 is 17.3 Å². The normalized spacial score (nSPS) is 16.1. The second-order valence-corrected chi connectivity index (χ2v) is 7.16. The molecule has 1 aliphatic rings. The van der Waals surface area contributed by atoms with Crippen LogP contribution in [0.25, 0.3) is 0 Å². The Hall–Kier alpha value is -2.15. The molecule has 0 radical (unpaired) electrons. The summed E-state index contributed by atoms with van der Waals surface area (Å²) in [4.78, 5) is 28.6. The number of hydrogen-bond acceptors (Lipinski definition) is 3. The number of carbonyl (C=O) groups is 2. The van der Waals surface area contributed by atoms with Crippen LogP contribution < -0.4 is 5.73 Å². The van der Waals surface area contributed by atoms with Crippen molar-refractivity contribution in [2.45, 2.75) is 12.5 Å². The number of piperazine rings is 1. The smallest absolute Gasteiger partial charge is 0.258 e. The van der Waals surface area contributed by atoms with E-state index in [-0.39, 0.29) is 28.9 Å². The number of nitrogens with zero attached hydrogens (tertiary/aromatic N) is 2. The van der Waals surface area contributed by atoms with Gasteiger partial charge in [0.15, 0.2) is 0 Å². The van der Waals surface area contributed by atoms with E-state index in [0.29, 0.717) is 26.2 Å². The lowest BCUT2D eigenvalue weighted by Crippen LogP contribution is -2.57. The molecule has 0 saturated carbocycles. The Morgan fingerprint density at radius 2 is 1.57 bits per heavy atom. The molecule has 8 heteroatoms. The molecule has 0 bridgehead atoms. The molecule has 0 aromatic heterocycles. The van der Waals surface area contributed by atoms with Crippen molar-refractivity contribution in [2.75, 3.05) is 26.2 Å². The zero-order valence-corrected chi connectivity index (χ0v) is 17.0. The molecular formula is C20H22Cl2FN3O2. The van der Waals surface area contributed by atoms with Gasteiger partial charge in [-0.05, 0) is 24.6 Å². The summed E-state index contributed by atoms with van der Waals surface area (Å²) in [6.07, 6.45) is 0. The first-order valence-corrected chi connectivity index (χ1v) is 9.07. The van der Waals surface area contributed by atoms with Crippen LogP contribution in [-0.2, 0) is 10.3 Å². The number of hydrogen-bond donors (Lipinski definition) is 1. The Morgan fingerprint density at radius 3 is 2.14 bits per heavy atom. The van der Waals surface area contributed by atoms with Crippen LogP contribution in [0.1, 0.15) is 22.8 Å². The Bertz CT molecular complexity index is 834. The highest BCUT2D eigenvalue weighted by atomic mass is 35.5. The van der Waals surface area contributed by atoms with Crippen molar-refractivity contribution in [3.63, 3.8) is 0 Å². The monoisotopic (exact) mass is 425 g/mol. The van der Waals surface area contributed by atoms with Gasteiger partial charge in [-0.25, -0.2) is 4.39 Å². The predicted octanol–water partition coefficient (Wildman–Crippen LogP) is 3.06. The molecule has 5 nitrogen and oxygen atoms in total. The first-order chi connectivity index (χ1) is 12.8. The van der Waals surface area contributed by atoms with Crippen LogP contribution >= 0.6 is 24.0 Å². The third-order valence-corrected chi connectivity index (χ3v) is 5.16. The van der Waals surface area contributed by atoms with E-state index in [1.807, 2.05) is 30.3 Å². The number of carbonyl (C=O) groups excluding carboxylic acids is 2. The zero-order chi connectivity index (χ0) is 19.6. The third kappa shape index (κ3) is 4.29. The molecule has 28 heavy (non-hydrogen) atoms. The van der Waals surface area contributed by atoms with Gasteiger partial charge in [0.25, 0.3) is 5.91 Å². The fourth-order valence-electron chi connectivity index (χ4n) is 3.21. The van der Waals surface area contributed by atoms with Gasteiger partial charge in [-0.1, -0.05) is 48.0 Å². The van der Waals surface area contributed by atoms with Crippen LogP contribution in [0.4, 0.5) is 4.39 Å². The van der Waals surface area contributed by atoms with Crippen molar-refractivity contribution < 1.29 is 14.0 Å². The molecule has 2 aromatic carbocycles. The highest BCUT2D eigenvalue weighted by molar-refractivity contribution is 6.33. The van der Waals surface area contributed by atoms with E-state index in [4.69, 9.17) is 17.3 Å². The van der Waals surface area contributed by atoms with Gasteiger partial charge >= 0.3 is 0 Å². The standard InChI is InChI=1S/C20H21ClFN3O2.ClH/c1-20(23,14-6-3-2-4-7-14)19(27)25-12-10-24(11-13-25)18(26)17-15(21)8-5-9-16(17)22;/h2-9H,10-13,23H2,1H3;1H. The lowest BCUT2D eigenvalue weighted by atomic mass is 9.91. The number of rotatable bonds is 3. The molecule has 1 fully saturated rings. The Morgan fingerprint density at radius 1 is 1.00 bits per heavy atom. The summed E-state index contributed by atoms with van der Waals surface area (Å²) in [6.45, 7) is 2.92. The van der Waals surface area contributed by atoms with E-state index >= 15 is 0 Å². The lowest BCUT2D eigenvalue weighted by molar-refractivity contribution is -0.138. The van der Waals surface area contributed by atoms with E-state index in [2.05, 4.69) is 0 Å². The molecule has 2 N–H and O–H groups in total. The molecule has 1 unspecified atom stereocenters. The molecule has 150 valence electrons. The molecule has 0 aliphatic carbocycles. The average molecular weight is 426 g/mol. The second-order valence-electron chi connectivity index (χ2n) is 6.75. The van der Waals surface area contributed by atoms with Gasteiger partial charge in [-0.15, -0.1) is 12.4 Å². The van der Waals surface area contributed by atoms with Crippen molar-refractivity contribution in [3.8, 4) is 0 Å². The van der Waals surface area contributed by atoms with E-state index in [0.717, 1.165) is 5.56 Å². The van der Waals surface area contributed by atoms with Gasteiger partial charge < -0.3 is 15.5 Å². The second kappa shape index (κ2) is 8.90. The maximum atomic E-state index is 14.0. The van der Waals surface area contributed by atoms with Crippen LogP contribution in [0.3, 0.4) is 0 Å². The summed E-state index contributed by atoms with van der Waals surface area (Å²) in [5, 5.41) is 0.0807. The van der Waals surface area contributed by atoms with E-state index in [9.17, 15) is 14.0 Å². The summed E-state index contributed by atoms with van der Waals surface area (Å²) in [7, 11) is 0. The van der Waals surface area contributed by atoms with Crippen molar-refractivity contribution >= 4 is 35.8 Å². The van der Waals surface area contributed by atoms with Gasteiger partial charge in [0.2, 0.25) is 5.91 Å². The molecule has 1 atom stereocenters. The minimum atomic E-state index is -1.15. The zero-order valence-electron chi connectivity index (χ0n) is 15.4. The van der Waals surface area contributed by atoms with Gasteiger partial charge in [-0.3, -0.25) is 9.59 Å². The van der Waals surface area contributed by atoms with Crippen LogP contribution in [0.2, 0.25) is 5.02 Å². The largest absolute Gasteiger partial charge is 0.337 e. The lowest BCUT2D eigenvalue weighted by Gasteiger charge is -2.38. The quantitative estimate of drug-likeness (QED) is 0.821. The maximum absolute atomic E-state index is 14.0. The molecule has 1 saturated heterocycles. The molecule has 2 aromatic rings. The van der Waals surface area contributed by atoms with Crippen molar-refractivity contribution in [1.82, 2.24) is 9.80 Å². The fourth-order valence-corrected chi connectivity index (χ4v) is 3.45. The Kier molecular flexibility index (Phi) is 7.04. The molecule has 0 spiro atoms. The van der Waals surface area contributed by atoms with E-state index in [1.165, 1.54) is 23.1 Å². The number of nitrogens with two attached hydrogens (primary N) is 1. The summed E-state index contributed by atoms with van der Waals surface area (Å²) in [5.74, 6) is -1.32. The van der Waals surface area contributed by atoms with E-state index in [1.54, 1.807) is 11.8 Å². The van der Waals surface area contributed by atoms with Crippen LogP contribution in [-0.4, -0.2) is 47.8 Å². The van der Waals surface area contributed by atoms with Crippen LogP contribution in [0.15, 0.2) is 48.5 Å². The molecule has 1 heterocycles. The molecule has 2 amide bonds. The molecule has 3 rings (SSSR count). The van der Waals surface area contributed by atoms with Crippen LogP contribution in [0, 0.1) is 5.82 Å². The fraction of sp³-hybridized carbons (Fsp3) is 0.300. The summed E-state index contributed by atoms with van der Waals surface area (Å²) in [6, 6.07) is 13.3. The van der Waals surface area contributed by atoms with Crippen molar-refractivity contribution in [1.29, 1.82) is 0 Å². The highest BCUT2D eigenvalue weighted by Crippen LogP contribution is 2.24. The van der Waals surface area contributed by atoms with Crippen LogP contribution in [0.5, 0.6) is 0 Å². The van der Waals surface area contributed by atoms with Gasteiger partial charge in [0.1, 0.15) is 11.4 Å². The topological polar surface area (TPSA) is 66.6 Å². The van der Waals surface area contributed by atoms with Gasteiger partial charge in [-0.2, -0.15) is 0 Å². The minimum Gasteiger partial charge on any atom is -0.337 e. The summed E-state index contributed by atoms with van der Waals surface area (Å²) < 4.78 is 14.0. The van der Waals surface area contributed by atoms with Crippen molar-refractivity contribution in [3.05, 3.63) is 70.5 Å². The number of halogens is 3. The molecule has 1 aliphatic heterocycles. The first kappa shape index (κ1) is 22.1. The summed E-state index contributed by atoms with van der Waals surface area (Å²) >= 11 is 5.98.